The minimum Gasteiger partial charge on any atom is -0.465 e. The number of nitro groups is 1. The molecule has 1 aromatic heterocycles. The van der Waals surface area contributed by atoms with Gasteiger partial charge in [-0.05, 0) is 48.2 Å². The number of thioether (sulfide) groups is 1. The van der Waals surface area contributed by atoms with E-state index in [0.29, 0.717) is 11.8 Å². The molecule has 1 saturated heterocycles. The molecule has 1 N–H and O–H groups in total. The van der Waals surface area contributed by atoms with E-state index < -0.39 is 34.5 Å². The van der Waals surface area contributed by atoms with Crippen molar-refractivity contribution in [3.63, 3.8) is 0 Å². The van der Waals surface area contributed by atoms with Crippen molar-refractivity contribution in [2.24, 2.45) is 0 Å². The van der Waals surface area contributed by atoms with Gasteiger partial charge in [-0.15, -0.1) is 0 Å². The van der Waals surface area contributed by atoms with Gasteiger partial charge in [0.15, 0.2) is 0 Å². The van der Waals surface area contributed by atoms with E-state index in [1.165, 1.54) is 61.7 Å². The fourth-order valence-electron chi connectivity index (χ4n) is 3.37. The van der Waals surface area contributed by atoms with Crippen molar-refractivity contribution in [2.45, 2.75) is 0 Å². The third kappa shape index (κ3) is 5.72. The highest BCUT2D eigenvalue weighted by Crippen LogP contribution is 2.36. The molecule has 0 atom stereocenters. The van der Waals surface area contributed by atoms with Gasteiger partial charge in [0, 0.05) is 29.5 Å². The number of nitrogens with one attached hydrogen (secondary N) is 1. The monoisotopic (exact) mass is 575 g/mol. The average molecular weight is 576 g/mol. The minimum absolute atomic E-state index is 0.00769. The number of carbonyl (C=O) groups excluding carboxylic acids is 4. The van der Waals surface area contributed by atoms with E-state index in [4.69, 9.17) is 27.6 Å². The molecule has 3 aromatic rings. The lowest BCUT2D eigenvalue weighted by Crippen LogP contribution is -2.36. The lowest BCUT2D eigenvalue weighted by molar-refractivity contribution is -0.384. The normalized spacial score (nSPS) is 14.2. The van der Waals surface area contributed by atoms with Crippen LogP contribution in [0.25, 0.3) is 17.4 Å². The van der Waals surface area contributed by atoms with Gasteiger partial charge in [0.05, 0.1) is 32.5 Å². The van der Waals surface area contributed by atoms with Gasteiger partial charge in [-0.25, -0.2) is 4.79 Å². The molecule has 38 heavy (non-hydrogen) atoms. The number of rotatable bonds is 7. The SMILES string of the molecule is COC(=O)c1cc(NC(=O)CN2C(=O)S/C(=C/c3ccc(-c4cc([N+](=O)[O-])ccc4Cl)o3)C2=O)ccc1Cl. The van der Waals surface area contributed by atoms with Gasteiger partial charge in [-0.3, -0.25) is 29.4 Å². The number of esters is 1. The van der Waals surface area contributed by atoms with E-state index >= 15 is 0 Å². The third-order valence-corrected chi connectivity index (χ3v) is 6.72. The number of halogens is 2. The van der Waals surface area contributed by atoms with Crippen LogP contribution in [0.4, 0.5) is 16.2 Å². The first kappa shape index (κ1) is 26.9. The number of hydrogen-bond donors (Lipinski definition) is 1. The second-order valence-electron chi connectivity index (χ2n) is 7.63. The number of carbonyl (C=O) groups is 4. The lowest BCUT2D eigenvalue weighted by Gasteiger charge is -2.13. The maximum absolute atomic E-state index is 12.8. The number of anilines is 1. The van der Waals surface area contributed by atoms with Crippen LogP contribution >= 0.6 is 35.0 Å². The summed E-state index contributed by atoms with van der Waals surface area (Å²) >= 11 is 12.7. The molecule has 0 radical (unpaired) electrons. The number of nitro benzene ring substituents is 1. The molecule has 0 bridgehead atoms. The van der Waals surface area contributed by atoms with E-state index in [2.05, 4.69) is 10.1 Å². The number of non-ortho nitro benzene ring substituents is 1. The predicted octanol–water partition coefficient (Wildman–Crippen LogP) is 5.62. The molecular weight excluding hydrogens is 561 g/mol. The Morgan fingerprint density at radius 2 is 1.87 bits per heavy atom. The molecule has 3 amide bonds. The van der Waals surface area contributed by atoms with Gasteiger partial charge in [-0.1, -0.05) is 23.2 Å². The van der Waals surface area contributed by atoms with Crippen molar-refractivity contribution in [3.05, 3.63) is 84.9 Å². The third-order valence-electron chi connectivity index (χ3n) is 5.16. The predicted molar refractivity (Wildman–Crippen MR) is 140 cm³/mol. The summed E-state index contributed by atoms with van der Waals surface area (Å²) < 4.78 is 10.3. The summed E-state index contributed by atoms with van der Waals surface area (Å²) in [4.78, 5) is 60.8. The van der Waals surface area contributed by atoms with Crippen LogP contribution < -0.4 is 5.32 Å². The van der Waals surface area contributed by atoms with Crippen LogP contribution in [0.15, 0.2) is 57.9 Å². The summed E-state index contributed by atoms with van der Waals surface area (Å²) in [5.74, 6) is -1.69. The van der Waals surface area contributed by atoms with Crippen molar-refractivity contribution in [1.82, 2.24) is 4.90 Å². The summed E-state index contributed by atoms with van der Waals surface area (Å²) in [5, 5.41) is 13.2. The molecule has 0 aliphatic carbocycles. The van der Waals surface area contributed by atoms with Crippen molar-refractivity contribution in [3.8, 4) is 11.3 Å². The van der Waals surface area contributed by atoms with Crippen molar-refractivity contribution in [2.75, 3.05) is 19.0 Å². The summed E-state index contributed by atoms with van der Waals surface area (Å²) in [5.41, 5.74) is 0.347. The number of benzene rings is 2. The first-order chi connectivity index (χ1) is 18.1. The van der Waals surface area contributed by atoms with Crippen LogP contribution in [0.2, 0.25) is 10.0 Å². The molecule has 4 rings (SSSR count). The molecule has 11 nitrogen and oxygen atoms in total. The van der Waals surface area contributed by atoms with Gasteiger partial charge in [0.1, 0.15) is 18.1 Å². The summed E-state index contributed by atoms with van der Waals surface area (Å²) in [6, 6.07) is 11.1. The van der Waals surface area contributed by atoms with Crippen LogP contribution in [0.1, 0.15) is 16.1 Å². The van der Waals surface area contributed by atoms with Crippen LogP contribution in [-0.4, -0.2) is 46.5 Å². The molecule has 2 heterocycles. The topological polar surface area (TPSA) is 149 Å². The Kier molecular flexibility index (Phi) is 7.86. The Morgan fingerprint density at radius 3 is 2.58 bits per heavy atom. The number of methoxy groups -OCH3 is 1. The number of nitrogens with zero attached hydrogens (tertiary/aromatic N) is 2. The molecule has 1 aliphatic heterocycles. The van der Waals surface area contributed by atoms with Crippen LogP contribution in [0.3, 0.4) is 0 Å². The van der Waals surface area contributed by atoms with E-state index in [9.17, 15) is 29.3 Å². The zero-order valence-corrected chi connectivity index (χ0v) is 21.6. The fourth-order valence-corrected chi connectivity index (χ4v) is 4.59. The Morgan fingerprint density at radius 1 is 1.13 bits per heavy atom. The Hall–Kier alpha value is -4.13. The molecule has 2 aromatic carbocycles. The van der Waals surface area contributed by atoms with E-state index in [1.807, 2.05) is 0 Å². The average Bonchev–Trinajstić information content (AvgIpc) is 3.44. The maximum atomic E-state index is 12.8. The molecule has 194 valence electrons. The summed E-state index contributed by atoms with van der Waals surface area (Å²) in [6.45, 7) is -0.578. The maximum Gasteiger partial charge on any atom is 0.339 e. The first-order valence-corrected chi connectivity index (χ1v) is 12.1. The molecule has 0 saturated carbocycles. The Bertz CT molecular complexity index is 1530. The van der Waals surface area contributed by atoms with E-state index in [-0.39, 0.29) is 49.0 Å². The highest BCUT2D eigenvalue weighted by atomic mass is 35.5. The number of hydrogen-bond acceptors (Lipinski definition) is 9. The highest BCUT2D eigenvalue weighted by Gasteiger charge is 2.36. The lowest BCUT2D eigenvalue weighted by atomic mass is 10.1. The van der Waals surface area contributed by atoms with Crippen molar-refractivity contribution in [1.29, 1.82) is 0 Å². The number of imide groups is 1. The second kappa shape index (κ2) is 11.1. The van der Waals surface area contributed by atoms with Gasteiger partial charge in [0.2, 0.25) is 5.91 Å². The Balaban J connectivity index is 1.47. The first-order valence-electron chi connectivity index (χ1n) is 10.5. The van der Waals surface area contributed by atoms with Crippen LogP contribution in [-0.2, 0) is 14.3 Å². The van der Waals surface area contributed by atoms with Crippen molar-refractivity contribution < 1.29 is 33.3 Å². The molecule has 1 aliphatic rings. The minimum atomic E-state index is -0.715. The van der Waals surface area contributed by atoms with E-state index in [0.717, 1.165) is 4.90 Å². The van der Waals surface area contributed by atoms with Crippen LogP contribution in [0, 0.1) is 10.1 Å². The van der Waals surface area contributed by atoms with Crippen LogP contribution in [0.5, 0.6) is 0 Å². The highest BCUT2D eigenvalue weighted by molar-refractivity contribution is 8.18. The molecule has 1 fully saturated rings. The van der Waals surface area contributed by atoms with Gasteiger partial charge >= 0.3 is 5.97 Å². The number of ether oxygens (including phenoxy) is 1. The molecule has 0 unspecified atom stereocenters. The molecule has 0 spiro atoms. The zero-order chi connectivity index (χ0) is 27.6. The number of amides is 3. The Labute approximate surface area is 228 Å². The van der Waals surface area contributed by atoms with Gasteiger partial charge < -0.3 is 14.5 Å². The van der Waals surface area contributed by atoms with Crippen molar-refractivity contribution >= 4 is 75.4 Å². The quantitative estimate of drug-likeness (QED) is 0.164. The summed E-state index contributed by atoms with van der Waals surface area (Å²) in [7, 11) is 1.18. The zero-order valence-electron chi connectivity index (χ0n) is 19.2. The summed E-state index contributed by atoms with van der Waals surface area (Å²) in [6.07, 6.45) is 1.32. The fraction of sp³-hybridized carbons (Fsp3) is 0.0833. The number of furan rings is 1. The second-order valence-corrected chi connectivity index (χ2v) is 9.43. The largest absolute Gasteiger partial charge is 0.465 e. The standard InChI is InChI=1S/C24H15Cl2N3O8S/c1-36-23(32)16-8-12(2-5-18(16)26)27-21(30)11-28-22(31)20(38-24(28)33)10-14-4-7-19(37-14)15-9-13(29(34)35)3-6-17(15)25/h2-10H,11H2,1H3,(H,27,30)/b20-10+. The van der Waals surface area contributed by atoms with E-state index in [1.54, 1.807) is 0 Å². The molecular formula is C24H15Cl2N3O8S. The molecule has 14 heteroatoms. The van der Waals surface area contributed by atoms with Gasteiger partial charge in [0.25, 0.3) is 16.8 Å². The smallest absolute Gasteiger partial charge is 0.339 e. The van der Waals surface area contributed by atoms with Gasteiger partial charge in [-0.2, -0.15) is 0 Å².